The Kier molecular flexibility index (Phi) is 3.22. The smallest absolute Gasteiger partial charge is 0.0481 e. The Labute approximate surface area is 101 Å². The van der Waals surface area contributed by atoms with Gasteiger partial charge in [0, 0.05) is 29.2 Å². The maximum Gasteiger partial charge on any atom is 0.0481 e. The van der Waals surface area contributed by atoms with Crippen LogP contribution in [0.2, 0.25) is 5.02 Å². The number of halogens is 1. The molecule has 0 fully saturated rings. The van der Waals surface area contributed by atoms with Crippen LogP contribution in [0.25, 0.3) is 10.9 Å². The predicted molar refractivity (Wildman–Crippen MR) is 69.9 cm³/mol. The monoisotopic (exact) mass is 236 g/mol. The van der Waals surface area contributed by atoms with Gasteiger partial charge in [0.15, 0.2) is 0 Å². The molecule has 0 aliphatic carbocycles. The van der Waals surface area contributed by atoms with Crippen LogP contribution in [-0.2, 0) is 13.5 Å². The Morgan fingerprint density at radius 1 is 1.44 bits per heavy atom. The van der Waals surface area contributed by atoms with E-state index in [-0.39, 0.29) is 0 Å². The number of nitrogens with two attached hydrogens (primary N) is 1. The topological polar surface area (TPSA) is 30.9 Å². The maximum absolute atomic E-state index is 6.04. The summed E-state index contributed by atoms with van der Waals surface area (Å²) in [5, 5.41) is 2.04. The number of aryl methyl sites for hydroxylation is 1. The van der Waals surface area contributed by atoms with Gasteiger partial charge < -0.3 is 10.3 Å². The zero-order chi connectivity index (χ0) is 11.7. The predicted octanol–water partition coefficient (Wildman–Crippen LogP) is 2.97. The van der Waals surface area contributed by atoms with Crippen molar-refractivity contribution >= 4 is 22.5 Å². The van der Waals surface area contributed by atoms with Gasteiger partial charge in [0.05, 0.1) is 0 Å². The second-order valence-electron chi connectivity index (χ2n) is 4.47. The van der Waals surface area contributed by atoms with Crippen molar-refractivity contribution in [2.75, 3.05) is 6.54 Å². The molecule has 2 rings (SSSR count). The van der Waals surface area contributed by atoms with E-state index in [1.807, 2.05) is 12.1 Å². The molecule has 0 saturated heterocycles. The van der Waals surface area contributed by atoms with Gasteiger partial charge in [-0.15, -0.1) is 0 Å². The summed E-state index contributed by atoms with van der Waals surface area (Å²) in [6, 6.07) is 6.03. The van der Waals surface area contributed by atoms with E-state index in [9.17, 15) is 0 Å². The average molecular weight is 237 g/mol. The van der Waals surface area contributed by atoms with Crippen molar-refractivity contribution in [2.24, 2.45) is 18.7 Å². The van der Waals surface area contributed by atoms with Crippen molar-refractivity contribution in [3.63, 3.8) is 0 Å². The normalized spacial score (nSPS) is 13.2. The van der Waals surface area contributed by atoms with Crippen LogP contribution >= 0.6 is 11.6 Å². The molecule has 1 heterocycles. The summed E-state index contributed by atoms with van der Waals surface area (Å²) in [4.78, 5) is 0. The minimum atomic E-state index is 0.504. The van der Waals surface area contributed by atoms with Crippen LogP contribution in [0.3, 0.4) is 0 Å². The molecule has 1 aromatic heterocycles. The van der Waals surface area contributed by atoms with Gasteiger partial charge >= 0.3 is 0 Å². The fourth-order valence-electron chi connectivity index (χ4n) is 2.07. The number of aromatic nitrogens is 1. The van der Waals surface area contributed by atoms with E-state index in [1.165, 1.54) is 16.5 Å². The summed E-state index contributed by atoms with van der Waals surface area (Å²) in [6.45, 7) is 2.89. The highest BCUT2D eigenvalue weighted by atomic mass is 35.5. The number of fused-ring (bicyclic) bond motifs is 1. The van der Waals surface area contributed by atoms with Gasteiger partial charge in [-0.1, -0.05) is 18.5 Å². The van der Waals surface area contributed by atoms with Gasteiger partial charge in [0.1, 0.15) is 0 Å². The number of rotatable bonds is 3. The van der Waals surface area contributed by atoms with Gasteiger partial charge in [-0.2, -0.15) is 0 Å². The van der Waals surface area contributed by atoms with Crippen LogP contribution in [0, 0.1) is 5.92 Å². The summed E-state index contributed by atoms with van der Waals surface area (Å²) in [7, 11) is 2.06. The lowest BCUT2D eigenvalue weighted by molar-refractivity contribution is 0.594. The van der Waals surface area contributed by atoms with Crippen molar-refractivity contribution in [2.45, 2.75) is 13.3 Å². The van der Waals surface area contributed by atoms with Crippen LogP contribution in [0.15, 0.2) is 24.4 Å². The third-order valence-electron chi connectivity index (χ3n) is 3.00. The standard InChI is InChI=1S/C13H17ClN2/c1-9(7-15)5-10-8-16(2)13-4-3-11(14)6-12(10)13/h3-4,6,8-9H,5,7,15H2,1-2H3. The first-order valence-electron chi connectivity index (χ1n) is 5.55. The first-order valence-corrected chi connectivity index (χ1v) is 5.93. The van der Waals surface area contributed by atoms with Crippen molar-refractivity contribution in [1.82, 2.24) is 4.57 Å². The fourth-order valence-corrected chi connectivity index (χ4v) is 2.24. The number of nitrogens with zero attached hydrogens (tertiary/aromatic N) is 1. The van der Waals surface area contributed by atoms with Crippen LogP contribution in [0.4, 0.5) is 0 Å². The van der Waals surface area contributed by atoms with E-state index in [1.54, 1.807) is 0 Å². The molecule has 2 N–H and O–H groups in total. The second kappa shape index (κ2) is 4.48. The summed E-state index contributed by atoms with van der Waals surface area (Å²) < 4.78 is 2.14. The van der Waals surface area contributed by atoms with Crippen molar-refractivity contribution in [3.8, 4) is 0 Å². The molecule has 1 unspecified atom stereocenters. The molecule has 3 heteroatoms. The number of hydrogen-bond acceptors (Lipinski definition) is 1. The van der Waals surface area contributed by atoms with Gasteiger partial charge in [-0.3, -0.25) is 0 Å². The van der Waals surface area contributed by atoms with E-state index in [2.05, 4.69) is 30.8 Å². The highest BCUT2D eigenvalue weighted by molar-refractivity contribution is 6.31. The Bertz CT molecular complexity index is 502. The van der Waals surface area contributed by atoms with E-state index in [4.69, 9.17) is 17.3 Å². The van der Waals surface area contributed by atoms with E-state index in [0.29, 0.717) is 5.92 Å². The zero-order valence-electron chi connectivity index (χ0n) is 9.70. The molecular weight excluding hydrogens is 220 g/mol. The lowest BCUT2D eigenvalue weighted by atomic mass is 10.0. The zero-order valence-corrected chi connectivity index (χ0v) is 10.5. The molecular formula is C13H17ClN2. The third-order valence-corrected chi connectivity index (χ3v) is 3.24. The molecule has 0 amide bonds. The van der Waals surface area contributed by atoms with E-state index < -0.39 is 0 Å². The highest BCUT2D eigenvalue weighted by Crippen LogP contribution is 2.25. The molecule has 0 aliphatic heterocycles. The lowest BCUT2D eigenvalue weighted by Gasteiger charge is -2.06. The van der Waals surface area contributed by atoms with Crippen molar-refractivity contribution in [1.29, 1.82) is 0 Å². The minimum Gasteiger partial charge on any atom is -0.350 e. The fraction of sp³-hybridized carbons (Fsp3) is 0.385. The lowest BCUT2D eigenvalue weighted by Crippen LogP contribution is -2.12. The molecule has 0 aliphatic rings. The molecule has 2 nitrogen and oxygen atoms in total. The SMILES string of the molecule is CC(CN)Cc1cn(C)c2ccc(Cl)cc12. The molecule has 16 heavy (non-hydrogen) atoms. The molecule has 0 bridgehead atoms. The first kappa shape index (κ1) is 11.5. The molecule has 2 aromatic rings. The van der Waals surface area contributed by atoms with Crippen molar-refractivity contribution < 1.29 is 0 Å². The minimum absolute atomic E-state index is 0.504. The quantitative estimate of drug-likeness (QED) is 0.873. The maximum atomic E-state index is 6.04. The highest BCUT2D eigenvalue weighted by Gasteiger charge is 2.09. The van der Waals surface area contributed by atoms with Gasteiger partial charge in [-0.05, 0) is 42.6 Å². The van der Waals surface area contributed by atoms with Gasteiger partial charge in [-0.25, -0.2) is 0 Å². The van der Waals surface area contributed by atoms with Gasteiger partial charge in [0.25, 0.3) is 0 Å². The van der Waals surface area contributed by atoms with Crippen LogP contribution in [0.5, 0.6) is 0 Å². The largest absolute Gasteiger partial charge is 0.350 e. The van der Waals surface area contributed by atoms with Crippen LogP contribution < -0.4 is 5.73 Å². The Morgan fingerprint density at radius 2 is 2.19 bits per heavy atom. The molecule has 86 valence electrons. The molecule has 0 radical (unpaired) electrons. The number of hydrogen-bond donors (Lipinski definition) is 1. The van der Waals surface area contributed by atoms with E-state index in [0.717, 1.165) is 18.0 Å². The summed E-state index contributed by atoms with van der Waals surface area (Å²) >= 11 is 6.04. The summed E-state index contributed by atoms with van der Waals surface area (Å²) in [6.07, 6.45) is 3.18. The molecule has 1 aromatic carbocycles. The second-order valence-corrected chi connectivity index (χ2v) is 4.91. The number of benzene rings is 1. The first-order chi connectivity index (χ1) is 7.61. The molecule has 0 saturated carbocycles. The van der Waals surface area contributed by atoms with Crippen LogP contribution in [0.1, 0.15) is 12.5 Å². The molecule has 1 atom stereocenters. The Morgan fingerprint density at radius 3 is 2.88 bits per heavy atom. The van der Waals surface area contributed by atoms with Crippen LogP contribution in [-0.4, -0.2) is 11.1 Å². The van der Waals surface area contributed by atoms with Gasteiger partial charge in [0.2, 0.25) is 0 Å². The summed E-state index contributed by atoms with van der Waals surface area (Å²) in [5.74, 6) is 0.504. The summed E-state index contributed by atoms with van der Waals surface area (Å²) in [5.41, 5.74) is 8.22. The Balaban J connectivity index is 2.48. The third kappa shape index (κ3) is 2.08. The average Bonchev–Trinajstić information content (AvgIpc) is 2.55. The van der Waals surface area contributed by atoms with E-state index >= 15 is 0 Å². The van der Waals surface area contributed by atoms with Crippen molar-refractivity contribution in [3.05, 3.63) is 35.0 Å². The molecule has 0 spiro atoms. The Hall–Kier alpha value is -0.990.